The van der Waals surface area contributed by atoms with E-state index in [1.54, 1.807) is 6.07 Å². The topological polar surface area (TPSA) is 20.2 Å². The third kappa shape index (κ3) is 1.97. The van der Waals surface area contributed by atoms with Crippen LogP contribution in [0.1, 0.15) is 11.7 Å². The van der Waals surface area contributed by atoms with Crippen LogP contribution in [0.5, 0.6) is 0 Å². The zero-order valence-electron chi connectivity index (χ0n) is 6.10. The monoisotopic (exact) mass is 252 g/mol. The van der Waals surface area contributed by atoms with E-state index < -0.39 is 11.9 Å². The van der Waals surface area contributed by atoms with E-state index in [4.69, 9.17) is 11.6 Å². The molecule has 1 aromatic carbocycles. The quantitative estimate of drug-likeness (QED) is 0.804. The second-order valence-electron chi connectivity index (χ2n) is 2.31. The molecule has 0 saturated carbocycles. The highest BCUT2D eigenvalue weighted by molar-refractivity contribution is 9.10. The summed E-state index contributed by atoms with van der Waals surface area (Å²) in [7, 11) is 0. The van der Waals surface area contributed by atoms with Crippen LogP contribution in [0.4, 0.5) is 4.39 Å². The smallest absolute Gasteiger partial charge is 0.137 e. The first kappa shape index (κ1) is 9.96. The summed E-state index contributed by atoms with van der Waals surface area (Å²) < 4.78 is 13.2. The summed E-state index contributed by atoms with van der Waals surface area (Å²) in [5.74, 6) is -0.334. The van der Waals surface area contributed by atoms with Crippen LogP contribution in [0.15, 0.2) is 22.7 Å². The highest BCUT2D eigenvalue weighted by Crippen LogP contribution is 2.26. The maximum atomic E-state index is 12.9. The summed E-state index contributed by atoms with van der Waals surface area (Å²) >= 11 is 8.45. The van der Waals surface area contributed by atoms with Crippen molar-refractivity contribution in [2.45, 2.75) is 6.10 Å². The summed E-state index contributed by atoms with van der Waals surface area (Å²) in [6.07, 6.45) is -0.822. The van der Waals surface area contributed by atoms with E-state index in [9.17, 15) is 9.50 Å². The Hall–Kier alpha value is -0.120. The number of alkyl halides is 1. The molecule has 0 bridgehead atoms. The molecule has 1 atom stereocenters. The number of halogens is 3. The van der Waals surface area contributed by atoms with Gasteiger partial charge in [-0.1, -0.05) is 12.1 Å². The van der Waals surface area contributed by atoms with Gasteiger partial charge in [0.05, 0.1) is 16.5 Å². The summed E-state index contributed by atoms with van der Waals surface area (Å²) in [6.45, 7) is 0. The molecular formula is C8H7BrClFO. The fourth-order valence-electron chi connectivity index (χ4n) is 0.861. The first-order chi connectivity index (χ1) is 5.66. The molecule has 0 aliphatic rings. The molecule has 0 heterocycles. The van der Waals surface area contributed by atoms with Crippen LogP contribution in [0, 0.1) is 5.82 Å². The molecule has 0 aliphatic carbocycles. The Morgan fingerprint density at radius 2 is 2.25 bits per heavy atom. The minimum atomic E-state index is -0.822. The number of aliphatic hydroxyl groups excluding tert-OH is 1. The molecule has 0 amide bonds. The van der Waals surface area contributed by atoms with E-state index in [1.807, 2.05) is 0 Å². The van der Waals surface area contributed by atoms with Gasteiger partial charge in [0, 0.05) is 0 Å². The largest absolute Gasteiger partial charge is 0.387 e. The van der Waals surface area contributed by atoms with Crippen LogP contribution in [0.2, 0.25) is 0 Å². The predicted molar refractivity (Wildman–Crippen MR) is 49.8 cm³/mol. The first-order valence-corrected chi connectivity index (χ1v) is 4.67. The second-order valence-corrected chi connectivity index (χ2v) is 3.41. The highest BCUT2D eigenvalue weighted by Gasteiger charge is 2.12. The van der Waals surface area contributed by atoms with Crippen molar-refractivity contribution in [3.8, 4) is 0 Å². The minimum Gasteiger partial charge on any atom is -0.387 e. The van der Waals surface area contributed by atoms with Crippen LogP contribution in [0.3, 0.4) is 0 Å². The van der Waals surface area contributed by atoms with Gasteiger partial charge in [-0.05, 0) is 27.6 Å². The fourth-order valence-corrected chi connectivity index (χ4v) is 1.56. The molecule has 0 aromatic heterocycles. The lowest BCUT2D eigenvalue weighted by molar-refractivity contribution is 0.201. The van der Waals surface area contributed by atoms with Crippen molar-refractivity contribution >= 4 is 27.5 Å². The minimum absolute atomic E-state index is 0.0576. The predicted octanol–water partition coefficient (Wildman–Crippen LogP) is 2.86. The van der Waals surface area contributed by atoms with Crippen LogP contribution in [0.25, 0.3) is 0 Å². The van der Waals surface area contributed by atoms with Crippen LogP contribution >= 0.6 is 27.5 Å². The lowest BCUT2D eigenvalue weighted by Crippen LogP contribution is -2.00. The Morgan fingerprint density at radius 1 is 1.58 bits per heavy atom. The third-order valence-electron chi connectivity index (χ3n) is 1.49. The zero-order chi connectivity index (χ0) is 9.14. The van der Waals surface area contributed by atoms with Crippen molar-refractivity contribution in [1.82, 2.24) is 0 Å². The number of hydrogen-bond donors (Lipinski definition) is 1. The molecule has 1 aromatic rings. The number of rotatable bonds is 2. The Labute approximate surface area is 83.3 Å². The molecule has 1 N–H and O–H groups in total. The van der Waals surface area contributed by atoms with E-state index in [-0.39, 0.29) is 10.4 Å². The Balaban J connectivity index is 3.07. The van der Waals surface area contributed by atoms with E-state index >= 15 is 0 Å². The molecule has 66 valence electrons. The van der Waals surface area contributed by atoms with Gasteiger partial charge in [-0.3, -0.25) is 0 Å². The summed E-state index contributed by atoms with van der Waals surface area (Å²) in [5.41, 5.74) is 0.477. The van der Waals surface area contributed by atoms with Crippen LogP contribution < -0.4 is 0 Å². The van der Waals surface area contributed by atoms with E-state index in [0.717, 1.165) is 0 Å². The van der Waals surface area contributed by atoms with Crippen molar-refractivity contribution in [2.24, 2.45) is 0 Å². The molecule has 1 unspecified atom stereocenters. The number of aliphatic hydroxyl groups is 1. The Bertz CT molecular complexity index is 280. The lowest BCUT2D eigenvalue weighted by atomic mass is 10.1. The maximum Gasteiger partial charge on any atom is 0.137 e. The van der Waals surface area contributed by atoms with Gasteiger partial charge in [0.25, 0.3) is 0 Å². The zero-order valence-corrected chi connectivity index (χ0v) is 8.44. The van der Waals surface area contributed by atoms with Gasteiger partial charge < -0.3 is 5.11 Å². The van der Waals surface area contributed by atoms with Crippen molar-refractivity contribution in [1.29, 1.82) is 0 Å². The van der Waals surface area contributed by atoms with Crippen molar-refractivity contribution in [2.75, 3.05) is 5.88 Å². The first-order valence-electron chi connectivity index (χ1n) is 3.34. The van der Waals surface area contributed by atoms with Gasteiger partial charge in [-0.2, -0.15) is 0 Å². The molecule has 12 heavy (non-hydrogen) atoms. The molecule has 4 heteroatoms. The Morgan fingerprint density at radius 3 is 2.83 bits per heavy atom. The highest BCUT2D eigenvalue weighted by atomic mass is 79.9. The molecule has 0 saturated heterocycles. The van der Waals surface area contributed by atoms with Crippen molar-refractivity contribution < 1.29 is 9.50 Å². The Kier molecular flexibility index (Phi) is 3.50. The number of hydrogen-bond acceptors (Lipinski definition) is 1. The second kappa shape index (κ2) is 4.21. The summed E-state index contributed by atoms with van der Waals surface area (Å²) in [5, 5.41) is 9.31. The van der Waals surface area contributed by atoms with Gasteiger partial charge in [0.2, 0.25) is 0 Å². The summed E-state index contributed by atoms with van der Waals surface area (Å²) in [4.78, 5) is 0. The van der Waals surface area contributed by atoms with E-state index in [1.165, 1.54) is 12.1 Å². The third-order valence-corrected chi connectivity index (χ3v) is 2.62. The van der Waals surface area contributed by atoms with Gasteiger partial charge in [-0.25, -0.2) is 4.39 Å². The fraction of sp³-hybridized carbons (Fsp3) is 0.250. The van der Waals surface area contributed by atoms with Gasteiger partial charge in [0.1, 0.15) is 5.82 Å². The molecular weight excluding hydrogens is 246 g/mol. The van der Waals surface area contributed by atoms with Crippen molar-refractivity contribution in [3.05, 3.63) is 34.1 Å². The molecule has 0 fully saturated rings. The van der Waals surface area contributed by atoms with Gasteiger partial charge in [-0.15, -0.1) is 11.6 Å². The molecule has 0 aliphatic heterocycles. The average Bonchev–Trinajstić information content (AvgIpc) is 2.08. The van der Waals surface area contributed by atoms with Crippen LogP contribution in [-0.2, 0) is 0 Å². The SMILES string of the molecule is OC(CCl)c1cccc(F)c1Br. The van der Waals surface area contributed by atoms with Gasteiger partial charge in [0.15, 0.2) is 0 Å². The number of benzene rings is 1. The van der Waals surface area contributed by atoms with Crippen molar-refractivity contribution in [3.63, 3.8) is 0 Å². The molecule has 0 spiro atoms. The lowest BCUT2D eigenvalue weighted by Gasteiger charge is -2.09. The maximum absolute atomic E-state index is 12.9. The standard InChI is InChI=1S/C8H7BrClFO/c9-8-5(7(12)4-10)2-1-3-6(8)11/h1-3,7,12H,4H2. The molecule has 0 radical (unpaired) electrons. The normalized spacial score (nSPS) is 13.0. The van der Waals surface area contributed by atoms with Gasteiger partial charge >= 0.3 is 0 Å². The molecule has 1 rings (SSSR count). The van der Waals surface area contributed by atoms with E-state index in [2.05, 4.69) is 15.9 Å². The van der Waals surface area contributed by atoms with E-state index in [0.29, 0.717) is 5.56 Å². The molecule has 1 nitrogen and oxygen atoms in total. The van der Waals surface area contributed by atoms with Crippen LogP contribution in [-0.4, -0.2) is 11.0 Å². The average molecular weight is 253 g/mol. The summed E-state index contributed by atoms with van der Waals surface area (Å²) in [6, 6.07) is 4.47.